The van der Waals surface area contributed by atoms with E-state index in [4.69, 9.17) is 5.16 Å². The van der Waals surface area contributed by atoms with Crippen molar-refractivity contribution < 1.29 is 0 Å². The molecule has 0 saturated carbocycles. The molecule has 0 saturated heterocycles. The van der Waals surface area contributed by atoms with Crippen LogP contribution in [-0.4, -0.2) is 18.8 Å². The molecule has 40 valence electrons. The van der Waals surface area contributed by atoms with E-state index >= 15 is 0 Å². The molecule has 0 aliphatic carbocycles. The third-order valence-electron chi connectivity index (χ3n) is 0.264. The number of hydrogen-bond acceptors (Lipinski definition) is 1. The van der Waals surface area contributed by atoms with Crippen LogP contribution in [0.2, 0.25) is 0 Å². The highest BCUT2D eigenvalue weighted by Crippen LogP contribution is 2.09. The Balaban J connectivity index is 3.25. The average Bonchev–Trinajstić information content (AvgIpc) is 1.61. The van der Waals surface area contributed by atoms with Crippen molar-refractivity contribution in [2.24, 2.45) is 4.52 Å². The van der Waals surface area contributed by atoms with Gasteiger partial charge in [0, 0.05) is 0 Å². The van der Waals surface area contributed by atoms with Gasteiger partial charge in [0.1, 0.15) is 8.52 Å². The zero-order valence-electron chi connectivity index (χ0n) is 4.29. The molecule has 0 spiro atoms. The predicted molar refractivity (Wildman–Crippen MR) is 32.7 cm³/mol. The fourth-order valence-electron chi connectivity index (χ4n) is 0.100. The van der Waals surface area contributed by atoms with Crippen LogP contribution < -0.4 is 0 Å². The Morgan fingerprint density at radius 2 is 2.14 bits per heavy atom. The van der Waals surface area contributed by atoms with E-state index in [0.29, 0.717) is 8.52 Å². The summed E-state index contributed by atoms with van der Waals surface area (Å²) in [6.45, 7) is 0. The fourth-order valence-corrected chi connectivity index (χ4v) is 0.900. The lowest BCUT2D eigenvalue weighted by Crippen LogP contribution is -1.90. The first-order chi connectivity index (χ1) is 3.27. The molecule has 0 aliphatic rings. The summed E-state index contributed by atoms with van der Waals surface area (Å²) in [6.07, 6.45) is 0. The summed E-state index contributed by atoms with van der Waals surface area (Å²) in [5.74, 6) is 0. The molecular weight excluding hydrogens is 128 g/mol. The van der Waals surface area contributed by atoms with Gasteiger partial charge in [-0.2, -0.15) is 4.52 Å². The van der Waals surface area contributed by atoms with Crippen molar-refractivity contribution >= 4 is 17.0 Å². The van der Waals surface area contributed by atoms with Gasteiger partial charge in [-0.25, -0.2) is 4.67 Å². The molecule has 7 heavy (non-hydrogen) atoms. The Labute approximate surface area is 46.4 Å². The Morgan fingerprint density at radius 3 is 2.29 bits per heavy atom. The van der Waals surface area contributed by atoms with Crippen molar-refractivity contribution in [1.82, 2.24) is 4.67 Å². The summed E-state index contributed by atoms with van der Waals surface area (Å²) in [4.78, 5) is 0. The smallest absolute Gasteiger partial charge is 0.151 e. The van der Waals surface area contributed by atoms with Gasteiger partial charge in [-0.05, 0) is 14.1 Å². The van der Waals surface area contributed by atoms with Crippen LogP contribution in [-0.2, 0) is 0 Å². The Morgan fingerprint density at radius 1 is 1.57 bits per heavy atom. The fraction of sp³-hybridized carbons (Fsp3) is 1.00. The molecule has 0 aromatic carbocycles. The molecule has 0 aromatic rings. The summed E-state index contributed by atoms with van der Waals surface area (Å²) in [6, 6.07) is 0. The standard InChI is InChI=1S/C2H7N3P2/c1-5(2)7-4-6-3/h3H,1-2H3. The van der Waals surface area contributed by atoms with Crippen molar-refractivity contribution in [3.63, 3.8) is 0 Å². The normalized spacial score (nSPS) is 11.9. The minimum absolute atomic E-state index is 0.361. The largest absolute Gasteiger partial charge is 0.262 e. The van der Waals surface area contributed by atoms with Gasteiger partial charge >= 0.3 is 0 Å². The molecule has 0 rings (SSSR count). The second kappa shape index (κ2) is 4.32. The van der Waals surface area contributed by atoms with Crippen LogP contribution in [0, 0.1) is 5.16 Å². The van der Waals surface area contributed by atoms with E-state index < -0.39 is 0 Å². The van der Waals surface area contributed by atoms with Gasteiger partial charge in [0.15, 0.2) is 8.52 Å². The van der Waals surface area contributed by atoms with Crippen LogP contribution in [0.25, 0.3) is 0 Å². The number of nitrogens with one attached hydrogen (secondary N) is 1. The van der Waals surface area contributed by atoms with Crippen molar-refractivity contribution in [2.45, 2.75) is 0 Å². The first-order valence-electron chi connectivity index (χ1n) is 1.72. The lowest BCUT2D eigenvalue weighted by atomic mass is 11.3. The van der Waals surface area contributed by atoms with E-state index in [2.05, 4.69) is 4.52 Å². The van der Waals surface area contributed by atoms with Crippen molar-refractivity contribution in [3.05, 3.63) is 0 Å². The van der Waals surface area contributed by atoms with E-state index in [-0.39, 0.29) is 0 Å². The molecule has 0 heterocycles. The number of hydrogen-bond donors (Lipinski definition) is 1. The first-order valence-corrected chi connectivity index (χ1v) is 3.37. The van der Waals surface area contributed by atoms with Gasteiger partial charge in [-0.15, -0.1) is 0 Å². The zero-order valence-corrected chi connectivity index (χ0v) is 6.08. The maximum atomic E-state index is 6.57. The topological polar surface area (TPSA) is 39.5 Å². The minimum atomic E-state index is 0.361. The van der Waals surface area contributed by atoms with Gasteiger partial charge in [-0.1, -0.05) is 0 Å². The molecule has 5 heteroatoms. The molecule has 0 unspecified atom stereocenters. The van der Waals surface area contributed by atoms with Gasteiger partial charge in [-0.3, -0.25) is 5.16 Å². The third-order valence-corrected chi connectivity index (χ3v) is 1.30. The molecular formula is C2H7N3P2. The summed E-state index contributed by atoms with van der Waals surface area (Å²) in [5, 5.41) is 6.57. The van der Waals surface area contributed by atoms with Crippen molar-refractivity contribution in [3.8, 4) is 0 Å². The molecule has 1 N–H and O–H groups in total. The zero-order chi connectivity index (χ0) is 5.70. The van der Waals surface area contributed by atoms with Gasteiger partial charge in [0.25, 0.3) is 0 Å². The third kappa shape index (κ3) is 6.16. The van der Waals surface area contributed by atoms with Crippen LogP contribution in [0.4, 0.5) is 0 Å². The molecule has 0 bridgehead atoms. The van der Waals surface area contributed by atoms with Gasteiger partial charge in [0.2, 0.25) is 0 Å². The van der Waals surface area contributed by atoms with E-state index in [1.165, 1.54) is 0 Å². The lowest BCUT2D eigenvalue weighted by molar-refractivity contribution is 0.697. The maximum absolute atomic E-state index is 6.57. The van der Waals surface area contributed by atoms with E-state index in [1.807, 2.05) is 18.8 Å². The summed E-state index contributed by atoms with van der Waals surface area (Å²) in [7, 11) is 5.06. The molecule has 0 aromatic heterocycles. The summed E-state index contributed by atoms with van der Waals surface area (Å²) >= 11 is 0. The summed E-state index contributed by atoms with van der Waals surface area (Å²) < 4.78 is 5.60. The average molecular weight is 135 g/mol. The van der Waals surface area contributed by atoms with E-state index in [9.17, 15) is 0 Å². The Kier molecular flexibility index (Phi) is 4.42. The van der Waals surface area contributed by atoms with Crippen molar-refractivity contribution in [1.29, 1.82) is 5.16 Å². The second-order valence-electron chi connectivity index (χ2n) is 1.13. The first kappa shape index (κ1) is 7.16. The highest BCUT2D eigenvalue weighted by Gasteiger charge is 1.74. The second-order valence-corrected chi connectivity index (χ2v) is 3.02. The highest BCUT2D eigenvalue weighted by atomic mass is 31.1. The monoisotopic (exact) mass is 135 g/mol. The number of rotatable bonds is 2. The minimum Gasteiger partial charge on any atom is -0.262 e. The highest BCUT2D eigenvalue weighted by molar-refractivity contribution is 7.36. The summed E-state index contributed by atoms with van der Waals surface area (Å²) in [5.41, 5.74) is 0. The molecule has 0 aliphatic heterocycles. The van der Waals surface area contributed by atoms with Crippen LogP contribution >= 0.6 is 17.0 Å². The molecule has 0 amide bonds. The number of nitrogens with zero attached hydrogens (tertiary/aromatic N) is 2. The molecule has 3 nitrogen and oxygen atoms in total. The quantitative estimate of drug-likeness (QED) is 0.579. The molecule has 0 radical (unpaired) electrons. The molecule has 0 fully saturated rings. The SMILES string of the molecule is CN(C)P=NP=N. The van der Waals surface area contributed by atoms with Crippen molar-refractivity contribution in [2.75, 3.05) is 14.1 Å². The van der Waals surface area contributed by atoms with Crippen LogP contribution in [0.1, 0.15) is 0 Å². The van der Waals surface area contributed by atoms with E-state index in [0.717, 1.165) is 8.52 Å². The Hall–Kier alpha value is 0.160. The van der Waals surface area contributed by atoms with Gasteiger partial charge in [0.05, 0.1) is 0 Å². The maximum Gasteiger partial charge on any atom is 0.151 e. The van der Waals surface area contributed by atoms with Crippen LogP contribution in [0.3, 0.4) is 0 Å². The molecule has 0 atom stereocenters. The van der Waals surface area contributed by atoms with Gasteiger partial charge < -0.3 is 0 Å². The Bertz CT molecular complexity index is 79.0. The predicted octanol–water partition coefficient (Wildman–Crippen LogP) is 2.22. The van der Waals surface area contributed by atoms with E-state index in [1.54, 1.807) is 0 Å². The lowest BCUT2D eigenvalue weighted by Gasteiger charge is -1.92. The van der Waals surface area contributed by atoms with Crippen LogP contribution in [0.15, 0.2) is 4.52 Å². The van der Waals surface area contributed by atoms with Crippen LogP contribution in [0.5, 0.6) is 0 Å².